The van der Waals surface area contributed by atoms with Crippen molar-refractivity contribution < 1.29 is 28.6 Å². The van der Waals surface area contributed by atoms with Crippen LogP contribution in [-0.4, -0.2) is 54.6 Å². The van der Waals surface area contributed by atoms with Crippen LogP contribution in [0.5, 0.6) is 11.5 Å². The Balaban J connectivity index is 1.80. The van der Waals surface area contributed by atoms with Gasteiger partial charge in [-0.1, -0.05) is 5.16 Å². The van der Waals surface area contributed by atoms with Crippen molar-refractivity contribution in [2.24, 2.45) is 5.16 Å². The van der Waals surface area contributed by atoms with Crippen molar-refractivity contribution in [2.75, 3.05) is 20.0 Å². The molecule has 0 unspecified atom stereocenters. The smallest absolute Gasteiger partial charge is 0.347 e. The fourth-order valence-electron chi connectivity index (χ4n) is 2.79. The Morgan fingerprint density at radius 2 is 1.78 bits per heavy atom. The van der Waals surface area contributed by atoms with Crippen LogP contribution in [0.2, 0.25) is 0 Å². The first-order valence-corrected chi connectivity index (χ1v) is 8.83. The predicted molar refractivity (Wildman–Crippen MR) is 98.8 cm³/mol. The van der Waals surface area contributed by atoms with E-state index in [0.29, 0.717) is 17.2 Å². The van der Waals surface area contributed by atoms with Gasteiger partial charge in [-0.25, -0.2) is 4.79 Å². The van der Waals surface area contributed by atoms with Crippen molar-refractivity contribution in [1.29, 1.82) is 0 Å². The lowest BCUT2D eigenvalue weighted by atomic mass is 10.1. The molecule has 148 valence electrons. The Morgan fingerprint density at radius 1 is 1.11 bits per heavy atom. The van der Waals surface area contributed by atoms with Crippen molar-refractivity contribution in [3.63, 3.8) is 0 Å². The van der Waals surface area contributed by atoms with Crippen molar-refractivity contribution >= 4 is 17.6 Å². The van der Waals surface area contributed by atoms with Crippen LogP contribution in [0, 0.1) is 0 Å². The van der Waals surface area contributed by atoms with Crippen LogP contribution in [0.4, 0.5) is 0 Å². The molecule has 0 N–H and O–H groups in total. The molecule has 0 saturated carbocycles. The molecule has 8 nitrogen and oxygen atoms in total. The maximum absolute atomic E-state index is 12.1. The standard InChI is InChI=1S/C19H26N2O6/c1-12(2)21(13(3)4)18(22)9-24-19(23)10-27-20-14(5)15-6-7-16-17(8-15)26-11-25-16/h6-8,12-13H,9-11H2,1-5H3/b20-14-. The molecule has 1 aromatic rings. The van der Waals surface area contributed by atoms with Crippen molar-refractivity contribution in [3.8, 4) is 11.5 Å². The van der Waals surface area contributed by atoms with Crippen molar-refractivity contribution in [1.82, 2.24) is 4.90 Å². The summed E-state index contributed by atoms with van der Waals surface area (Å²) in [5, 5.41) is 3.90. The molecule has 0 aliphatic carbocycles. The lowest BCUT2D eigenvalue weighted by molar-refractivity contribution is -0.157. The summed E-state index contributed by atoms with van der Waals surface area (Å²) < 4.78 is 15.5. The van der Waals surface area contributed by atoms with Crippen molar-refractivity contribution in [3.05, 3.63) is 23.8 Å². The second kappa shape index (κ2) is 9.25. The van der Waals surface area contributed by atoms with Gasteiger partial charge in [-0.3, -0.25) is 4.79 Å². The Bertz CT molecular complexity index is 706. The molecule has 0 radical (unpaired) electrons. The van der Waals surface area contributed by atoms with Crippen molar-refractivity contribution in [2.45, 2.75) is 46.7 Å². The number of oxime groups is 1. The van der Waals surface area contributed by atoms with E-state index in [1.165, 1.54) is 0 Å². The average Bonchev–Trinajstić information content (AvgIpc) is 3.06. The molecule has 1 aliphatic rings. The molecule has 1 aliphatic heterocycles. The van der Waals surface area contributed by atoms with Gasteiger partial charge in [0, 0.05) is 17.6 Å². The van der Waals surface area contributed by atoms with Gasteiger partial charge in [0.25, 0.3) is 5.91 Å². The molecule has 1 aromatic carbocycles. The van der Waals surface area contributed by atoms with Crippen LogP contribution in [0.1, 0.15) is 40.2 Å². The highest BCUT2D eigenvalue weighted by atomic mass is 16.7. The third kappa shape index (κ3) is 5.60. The first kappa shape index (κ1) is 20.5. The van der Waals surface area contributed by atoms with E-state index in [2.05, 4.69) is 5.16 Å². The third-order valence-electron chi connectivity index (χ3n) is 3.93. The first-order valence-electron chi connectivity index (χ1n) is 8.83. The van der Waals surface area contributed by atoms with Gasteiger partial charge in [0.2, 0.25) is 13.4 Å². The Kier molecular flexibility index (Phi) is 7.04. The zero-order valence-corrected chi connectivity index (χ0v) is 16.4. The fourth-order valence-corrected chi connectivity index (χ4v) is 2.79. The maximum atomic E-state index is 12.1. The molecule has 8 heteroatoms. The monoisotopic (exact) mass is 378 g/mol. The molecular formula is C19H26N2O6. The van der Waals surface area contributed by atoms with Crippen LogP contribution in [0.15, 0.2) is 23.4 Å². The van der Waals surface area contributed by atoms with E-state index < -0.39 is 5.97 Å². The fraction of sp³-hybridized carbons (Fsp3) is 0.526. The summed E-state index contributed by atoms with van der Waals surface area (Å²) in [5.41, 5.74) is 1.36. The number of nitrogens with zero attached hydrogens (tertiary/aromatic N) is 2. The van der Waals surface area contributed by atoms with Gasteiger partial charge in [0.05, 0.1) is 5.71 Å². The van der Waals surface area contributed by atoms with E-state index in [1.807, 2.05) is 33.8 Å². The topological polar surface area (TPSA) is 86.7 Å². The minimum atomic E-state index is -0.655. The van der Waals surface area contributed by atoms with E-state index in [1.54, 1.807) is 24.0 Å². The number of fused-ring (bicyclic) bond motifs is 1. The lowest BCUT2D eigenvalue weighted by Gasteiger charge is -2.30. The van der Waals surface area contributed by atoms with E-state index in [-0.39, 0.29) is 38.0 Å². The van der Waals surface area contributed by atoms with E-state index in [4.69, 9.17) is 19.0 Å². The van der Waals surface area contributed by atoms with E-state index in [0.717, 1.165) is 5.56 Å². The zero-order chi connectivity index (χ0) is 20.0. The lowest BCUT2D eigenvalue weighted by Crippen LogP contribution is -2.44. The third-order valence-corrected chi connectivity index (χ3v) is 3.93. The predicted octanol–water partition coefficient (Wildman–Crippen LogP) is 2.34. The van der Waals surface area contributed by atoms with Crippen LogP contribution < -0.4 is 9.47 Å². The Morgan fingerprint density at radius 3 is 2.44 bits per heavy atom. The minimum Gasteiger partial charge on any atom is -0.454 e. The quantitative estimate of drug-likeness (QED) is 0.392. The second-order valence-electron chi connectivity index (χ2n) is 6.67. The Hall–Kier alpha value is -2.77. The molecule has 0 bridgehead atoms. The van der Waals surface area contributed by atoms with Gasteiger partial charge < -0.3 is 23.9 Å². The largest absolute Gasteiger partial charge is 0.454 e. The average molecular weight is 378 g/mol. The number of benzene rings is 1. The zero-order valence-electron chi connectivity index (χ0n) is 16.4. The number of carbonyl (C=O) groups is 2. The SMILES string of the molecule is C/C(=N/OCC(=O)OCC(=O)N(C(C)C)C(C)C)c1ccc2c(c1)OCO2. The highest BCUT2D eigenvalue weighted by molar-refractivity contribution is 5.99. The number of hydrogen-bond donors (Lipinski definition) is 0. The molecule has 0 aromatic heterocycles. The molecule has 1 amide bonds. The molecule has 0 spiro atoms. The molecule has 1 heterocycles. The van der Waals surface area contributed by atoms with Gasteiger partial charge in [0.1, 0.15) is 0 Å². The first-order chi connectivity index (χ1) is 12.8. The molecule has 0 fully saturated rings. The number of amides is 1. The number of carbonyl (C=O) groups excluding carboxylic acids is 2. The molecule has 27 heavy (non-hydrogen) atoms. The number of esters is 1. The van der Waals surface area contributed by atoms with Crippen LogP contribution in [-0.2, 0) is 19.2 Å². The summed E-state index contributed by atoms with van der Waals surface area (Å²) >= 11 is 0. The number of ether oxygens (including phenoxy) is 3. The van der Waals surface area contributed by atoms with Crippen LogP contribution >= 0.6 is 0 Å². The highest BCUT2D eigenvalue weighted by Gasteiger charge is 2.21. The summed E-state index contributed by atoms with van der Waals surface area (Å²) in [6.07, 6.45) is 0. The summed E-state index contributed by atoms with van der Waals surface area (Å²) in [7, 11) is 0. The van der Waals surface area contributed by atoms with Gasteiger partial charge in [-0.15, -0.1) is 0 Å². The highest BCUT2D eigenvalue weighted by Crippen LogP contribution is 2.32. The summed E-state index contributed by atoms with van der Waals surface area (Å²) in [6, 6.07) is 5.45. The van der Waals surface area contributed by atoms with E-state index in [9.17, 15) is 9.59 Å². The molecule has 2 rings (SSSR count). The van der Waals surface area contributed by atoms with E-state index >= 15 is 0 Å². The van der Waals surface area contributed by atoms with Gasteiger partial charge in [-0.05, 0) is 52.8 Å². The van der Waals surface area contributed by atoms with Gasteiger partial charge >= 0.3 is 5.97 Å². The van der Waals surface area contributed by atoms with Gasteiger partial charge in [-0.2, -0.15) is 0 Å². The molecular weight excluding hydrogens is 352 g/mol. The number of rotatable bonds is 8. The maximum Gasteiger partial charge on any atom is 0.347 e. The summed E-state index contributed by atoms with van der Waals surface area (Å²) in [4.78, 5) is 30.6. The molecule has 0 atom stereocenters. The minimum absolute atomic E-state index is 0.0291. The second-order valence-corrected chi connectivity index (χ2v) is 6.67. The number of hydrogen-bond acceptors (Lipinski definition) is 7. The van der Waals surface area contributed by atoms with Crippen LogP contribution in [0.3, 0.4) is 0 Å². The Labute approximate surface area is 159 Å². The van der Waals surface area contributed by atoms with Gasteiger partial charge in [0.15, 0.2) is 18.1 Å². The normalized spacial score (nSPS) is 13.1. The summed E-state index contributed by atoms with van der Waals surface area (Å²) in [5.74, 6) is 0.420. The van der Waals surface area contributed by atoms with Crippen LogP contribution in [0.25, 0.3) is 0 Å². The molecule has 0 saturated heterocycles. The summed E-state index contributed by atoms with van der Waals surface area (Å²) in [6.45, 7) is 8.90.